The monoisotopic (exact) mass is 728 g/mol. The fourth-order valence-corrected chi connectivity index (χ4v) is 5.62. The number of hydrogen-bond donors (Lipinski definition) is 3. The third-order valence-electron chi connectivity index (χ3n) is 7.76. The highest BCUT2D eigenvalue weighted by Crippen LogP contribution is 2.43. The van der Waals surface area contributed by atoms with Gasteiger partial charge in [0, 0.05) is 12.8 Å². The minimum absolute atomic E-state index is 0.0632. The van der Waals surface area contributed by atoms with Gasteiger partial charge in [-0.3, -0.25) is 18.6 Å². The maximum atomic E-state index is 12.5. The number of phosphoric acid groups is 1. The van der Waals surface area contributed by atoms with Gasteiger partial charge in [0.2, 0.25) is 0 Å². The van der Waals surface area contributed by atoms with Crippen LogP contribution in [0.2, 0.25) is 0 Å². The summed E-state index contributed by atoms with van der Waals surface area (Å²) in [6.07, 6.45) is 35.3. The summed E-state index contributed by atoms with van der Waals surface area (Å²) in [5.41, 5.74) is 0. The third-order valence-corrected chi connectivity index (χ3v) is 8.71. The van der Waals surface area contributed by atoms with Gasteiger partial charge in [-0.15, -0.1) is 0 Å². The van der Waals surface area contributed by atoms with Crippen molar-refractivity contribution in [2.75, 3.05) is 26.4 Å². The number of aliphatic hydroxyl groups is 2. The summed E-state index contributed by atoms with van der Waals surface area (Å²) in [4.78, 5) is 34.8. The zero-order valence-electron chi connectivity index (χ0n) is 31.1. The molecule has 0 amide bonds. The molecule has 3 N–H and O–H groups in total. The van der Waals surface area contributed by atoms with Crippen LogP contribution >= 0.6 is 7.82 Å². The van der Waals surface area contributed by atoms with Gasteiger partial charge >= 0.3 is 19.8 Å². The quantitative estimate of drug-likeness (QED) is 0.0249. The van der Waals surface area contributed by atoms with Gasteiger partial charge in [-0.25, -0.2) is 4.57 Å². The molecule has 50 heavy (non-hydrogen) atoms. The van der Waals surface area contributed by atoms with E-state index in [9.17, 15) is 24.2 Å². The lowest BCUT2D eigenvalue weighted by Crippen LogP contribution is -2.29. The van der Waals surface area contributed by atoms with Crippen LogP contribution in [0.3, 0.4) is 0 Å². The molecule has 11 heteroatoms. The molecular formula is C39H69O10P. The molecule has 0 aromatic heterocycles. The first-order valence-corrected chi connectivity index (χ1v) is 20.6. The Morgan fingerprint density at radius 1 is 0.620 bits per heavy atom. The van der Waals surface area contributed by atoms with Crippen LogP contribution in [0.1, 0.15) is 149 Å². The Hall–Kier alpha value is -2.07. The molecular weight excluding hydrogens is 659 g/mol. The van der Waals surface area contributed by atoms with Crippen molar-refractivity contribution in [3.63, 3.8) is 0 Å². The van der Waals surface area contributed by atoms with E-state index in [2.05, 4.69) is 54.8 Å². The topological polar surface area (TPSA) is 149 Å². The molecule has 0 aliphatic carbocycles. The van der Waals surface area contributed by atoms with E-state index in [1.54, 1.807) is 0 Å². The molecule has 0 bridgehead atoms. The van der Waals surface area contributed by atoms with Crippen molar-refractivity contribution in [3.05, 3.63) is 48.6 Å². The number of aliphatic hydroxyl groups excluding tert-OH is 2. The van der Waals surface area contributed by atoms with E-state index in [4.69, 9.17) is 19.1 Å². The summed E-state index contributed by atoms with van der Waals surface area (Å²) in [6, 6.07) is 0. The van der Waals surface area contributed by atoms with Gasteiger partial charge in [0.05, 0.1) is 19.8 Å². The van der Waals surface area contributed by atoms with Crippen LogP contribution in [0.4, 0.5) is 0 Å². The van der Waals surface area contributed by atoms with Crippen molar-refractivity contribution < 1.29 is 47.8 Å². The molecule has 0 saturated heterocycles. The first-order chi connectivity index (χ1) is 24.2. The Kier molecular flexibility index (Phi) is 33.9. The van der Waals surface area contributed by atoms with Crippen LogP contribution in [0, 0.1) is 0 Å². The summed E-state index contributed by atoms with van der Waals surface area (Å²) in [5, 5.41) is 18.3. The fraction of sp³-hybridized carbons (Fsp3) is 0.744. The number of carbonyl (C=O) groups is 2. The largest absolute Gasteiger partial charge is 0.472 e. The van der Waals surface area contributed by atoms with Gasteiger partial charge in [-0.2, -0.15) is 0 Å². The molecule has 0 saturated carbocycles. The van der Waals surface area contributed by atoms with E-state index in [1.807, 2.05) is 12.2 Å². The number of allylic oxidation sites excluding steroid dienone is 8. The molecule has 0 radical (unpaired) electrons. The van der Waals surface area contributed by atoms with E-state index in [0.29, 0.717) is 12.8 Å². The SMILES string of the molecule is CC/C=C\C/C=C\C/C=C\C/C=C\CCC(=O)OC(COC(=O)CCCCCCCCCCCCCCCC)COP(=O)(O)OCC(O)CO. The zero-order valence-corrected chi connectivity index (χ0v) is 32.0. The third kappa shape index (κ3) is 34.4. The van der Waals surface area contributed by atoms with E-state index in [0.717, 1.165) is 44.9 Å². The summed E-state index contributed by atoms with van der Waals surface area (Å²) in [5.74, 6) is -1.02. The predicted octanol–water partition coefficient (Wildman–Crippen LogP) is 9.38. The van der Waals surface area contributed by atoms with E-state index in [1.165, 1.54) is 64.2 Å². The lowest BCUT2D eigenvalue weighted by atomic mass is 10.0. The van der Waals surface area contributed by atoms with Gasteiger partial charge in [0.1, 0.15) is 12.7 Å². The highest BCUT2D eigenvalue weighted by Gasteiger charge is 2.27. The van der Waals surface area contributed by atoms with Gasteiger partial charge in [-0.1, -0.05) is 146 Å². The van der Waals surface area contributed by atoms with Crippen LogP contribution in [0.5, 0.6) is 0 Å². The van der Waals surface area contributed by atoms with Crippen molar-refractivity contribution >= 4 is 19.8 Å². The number of esters is 2. The molecule has 0 heterocycles. The molecule has 3 atom stereocenters. The Labute approximate surface area is 303 Å². The second-order valence-corrected chi connectivity index (χ2v) is 14.0. The number of unbranched alkanes of at least 4 members (excludes halogenated alkanes) is 13. The maximum Gasteiger partial charge on any atom is 0.472 e. The maximum absolute atomic E-state index is 12.5. The average Bonchev–Trinajstić information content (AvgIpc) is 3.10. The van der Waals surface area contributed by atoms with Crippen LogP contribution in [-0.2, 0) is 32.7 Å². The second-order valence-electron chi connectivity index (χ2n) is 12.6. The normalized spacial score (nSPS) is 14.6. The number of phosphoric ester groups is 1. The van der Waals surface area contributed by atoms with E-state index >= 15 is 0 Å². The highest BCUT2D eigenvalue weighted by atomic mass is 31.2. The minimum atomic E-state index is -4.63. The van der Waals surface area contributed by atoms with E-state index < -0.39 is 51.8 Å². The van der Waals surface area contributed by atoms with Gasteiger partial charge in [0.25, 0.3) is 0 Å². The fourth-order valence-electron chi connectivity index (χ4n) is 4.83. The van der Waals surface area contributed by atoms with Crippen LogP contribution in [-0.4, -0.2) is 65.7 Å². The molecule has 290 valence electrons. The molecule has 0 aliphatic rings. The molecule has 10 nitrogen and oxygen atoms in total. The zero-order chi connectivity index (χ0) is 37.0. The van der Waals surface area contributed by atoms with Crippen molar-refractivity contribution in [1.82, 2.24) is 0 Å². The van der Waals surface area contributed by atoms with Gasteiger partial charge in [-0.05, 0) is 38.5 Å². The first kappa shape index (κ1) is 47.9. The number of hydrogen-bond acceptors (Lipinski definition) is 9. The number of rotatable bonds is 35. The summed E-state index contributed by atoms with van der Waals surface area (Å²) in [7, 11) is -4.63. The molecule has 0 aromatic carbocycles. The highest BCUT2D eigenvalue weighted by molar-refractivity contribution is 7.47. The number of ether oxygens (including phenoxy) is 2. The lowest BCUT2D eigenvalue weighted by molar-refractivity contribution is -0.161. The van der Waals surface area contributed by atoms with Crippen molar-refractivity contribution in [3.8, 4) is 0 Å². The Bertz CT molecular complexity index is 978. The number of carbonyl (C=O) groups excluding carboxylic acids is 2. The summed E-state index contributed by atoms with van der Waals surface area (Å²) >= 11 is 0. The van der Waals surface area contributed by atoms with Crippen LogP contribution < -0.4 is 0 Å². The van der Waals surface area contributed by atoms with Crippen molar-refractivity contribution in [2.24, 2.45) is 0 Å². The van der Waals surface area contributed by atoms with Crippen molar-refractivity contribution in [2.45, 2.75) is 161 Å². The Morgan fingerprint density at radius 3 is 1.62 bits per heavy atom. The Balaban J connectivity index is 4.46. The van der Waals surface area contributed by atoms with E-state index in [-0.39, 0.29) is 19.4 Å². The summed E-state index contributed by atoms with van der Waals surface area (Å²) < 4.78 is 32.5. The first-order valence-electron chi connectivity index (χ1n) is 19.1. The van der Waals surface area contributed by atoms with Gasteiger partial charge in [0.15, 0.2) is 6.10 Å². The predicted molar refractivity (Wildman–Crippen MR) is 201 cm³/mol. The molecule has 0 fully saturated rings. The van der Waals surface area contributed by atoms with Crippen molar-refractivity contribution in [1.29, 1.82) is 0 Å². The minimum Gasteiger partial charge on any atom is -0.462 e. The molecule has 0 aliphatic heterocycles. The summed E-state index contributed by atoms with van der Waals surface area (Å²) in [6.45, 7) is 2.16. The van der Waals surface area contributed by atoms with Crippen LogP contribution in [0.25, 0.3) is 0 Å². The Morgan fingerprint density at radius 2 is 1.10 bits per heavy atom. The smallest absolute Gasteiger partial charge is 0.462 e. The molecule has 0 spiro atoms. The molecule has 0 aromatic rings. The second kappa shape index (κ2) is 35.3. The average molecular weight is 729 g/mol. The van der Waals surface area contributed by atoms with Crippen LogP contribution in [0.15, 0.2) is 48.6 Å². The molecule has 0 rings (SSSR count). The lowest BCUT2D eigenvalue weighted by Gasteiger charge is -2.20. The van der Waals surface area contributed by atoms with Gasteiger partial charge < -0.3 is 24.6 Å². The molecule has 3 unspecified atom stereocenters. The standard InChI is InChI=1S/C39H69O10P/c1-3-5-7-9-11-13-15-17-19-20-22-24-26-28-30-38(42)46-34-37(35-48-50(44,45)47-33-36(41)32-40)49-39(43)31-29-27-25-23-21-18-16-14-12-10-8-6-4-2/h6,8,12,14,18,21,25,27,36-37,40-41H,3-5,7,9-11,13,15-17,19-20,22-24,26,28-35H2,1-2H3,(H,44,45)/b8-6-,14-12-,21-18-,27-25-.